The van der Waals surface area contributed by atoms with Crippen molar-refractivity contribution in [1.29, 1.82) is 0 Å². The molecule has 1 heterocycles. The van der Waals surface area contributed by atoms with Gasteiger partial charge in [0.15, 0.2) is 11.2 Å². The molecule has 21 heavy (non-hydrogen) atoms. The Bertz CT molecular complexity index is 675. The highest BCUT2D eigenvalue weighted by Crippen LogP contribution is 2.11. The molecule has 1 amide bonds. The Morgan fingerprint density at radius 1 is 1.24 bits per heavy atom. The Balaban J connectivity index is 2.08. The van der Waals surface area contributed by atoms with Gasteiger partial charge in [0, 0.05) is 19.2 Å². The summed E-state index contributed by atoms with van der Waals surface area (Å²) in [7, 11) is 0. The van der Waals surface area contributed by atoms with E-state index in [0.29, 0.717) is 17.5 Å². The number of carbonyl (C=O) groups excluding carboxylic acids is 1. The number of carbonyl (C=O) groups is 1. The van der Waals surface area contributed by atoms with Crippen LogP contribution < -0.4 is 10.7 Å². The molecule has 1 aromatic heterocycles. The molecule has 0 spiro atoms. The first-order valence-corrected chi connectivity index (χ1v) is 7.19. The molecule has 5 heteroatoms. The van der Waals surface area contributed by atoms with E-state index in [9.17, 15) is 9.59 Å². The number of nitrogens with one attached hydrogen (secondary N) is 1. The van der Waals surface area contributed by atoms with Crippen molar-refractivity contribution >= 4 is 16.9 Å². The number of hydrogen-bond acceptors (Lipinski definition) is 4. The van der Waals surface area contributed by atoms with Crippen molar-refractivity contribution in [1.82, 2.24) is 10.2 Å². The van der Waals surface area contributed by atoms with Crippen LogP contribution in [0, 0.1) is 0 Å². The number of rotatable bonds is 6. The summed E-state index contributed by atoms with van der Waals surface area (Å²) in [6.45, 7) is 7.34. The van der Waals surface area contributed by atoms with Gasteiger partial charge in [-0.25, -0.2) is 0 Å². The van der Waals surface area contributed by atoms with Crippen LogP contribution in [0.1, 0.15) is 24.4 Å². The van der Waals surface area contributed by atoms with Gasteiger partial charge in [-0.05, 0) is 25.2 Å². The predicted octanol–water partition coefficient (Wildman–Crippen LogP) is 1.86. The fraction of sp³-hybridized carbons (Fsp3) is 0.375. The van der Waals surface area contributed by atoms with Crippen molar-refractivity contribution in [2.75, 3.05) is 26.2 Å². The maximum atomic E-state index is 12.0. The summed E-state index contributed by atoms with van der Waals surface area (Å²) < 4.78 is 5.49. The zero-order valence-electron chi connectivity index (χ0n) is 12.4. The molecule has 2 rings (SSSR count). The second kappa shape index (κ2) is 7.04. The molecular weight excluding hydrogens is 268 g/mol. The monoisotopic (exact) mass is 288 g/mol. The third kappa shape index (κ3) is 3.70. The average molecular weight is 288 g/mol. The maximum Gasteiger partial charge on any atom is 0.287 e. The number of likely N-dealkylation sites (N-methyl/N-ethyl adjacent to an activating group) is 1. The van der Waals surface area contributed by atoms with E-state index in [-0.39, 0.29) is 17.1 Å². The molecule has 1 N–H and O–H groups in total. The van der Waals surface area contributed by atoms with Crippen LogP contribution in [0.2, 0.25) is 0 Å². The summed E-state index contributed by atoms with van der Waals surface area (Å²) in [6, 6.07) is 8.15. The van der Waals surface area contributed by atoms with Crippen LogP contribution in [0.25, 0.3) is 11.0 Å². The molecule has 0 bridgehead atoms. The fourth-order valence-corrected chi connectivity index (χ4v) is 2.17. The number of nitrogens with zero attached hydrogens (tertiary/aromatic N) is 1. The molecule has 2 aromatic rings. The molecule has 0 aliphatic rings. The SMILES string of the molecule is CCN(CC)CCNC(=O)c1cc(=O)c2ccccc2o1. The summed E-state index contributed by atoms with van der Waals surface area (Å²) in [6.07, 6.45) is 0. The predicted molar refractivity (Wildman–Crippen MR) is 82.6 cm³/mol. The lowest BCUT2D eigenvalue weighted by molar-refractivity contribution is 0.0922. The van der Waals surface area contributed by atoms with Gasteiger partial charge in [0.1, 0.15) is 5.58 Å². The molecule has 0 saturated carbocycles. The smallest absolute Gasteiger partial charge is 0.287 e. The summed E-state index contributed by atoms with van der Waals surface area (Å²) in [5.41, 5.74) is 0.227. The maximum absolute atomic E-state index is 12.0. The van der Waals surface area contributed by atoms with Gasteiger partial charge in [0.05, 0.1) is 5.39 Å². The number of fused-ring (bicyclic) bond motifs is 1. The molecule has 5 nitrogen and oxygen atoms in total. The number of hydrogen-bond donors (Lipinski definition) is 1. The quantitative estimate of drug-likeness (QED) is 0.881. The minimum atomic E-state index is -0.356. The van der Waals surface area contributed by atoms with E-state index in [1.54, 1.807) is 24.3 Å². The van der Waals surface area contributed by atoms with E-state index in [2.05, 4.69) is 24.1 Å². The van der Waals surface area contributed by atoms with Gasteiger partial charge in [0.25, 0.3) is 5.91 Å². The van der Waals surface area contributed by atoms with Crippen LogP contribution in [0.5, 0.6) is 0 Å². The van der Waals surface area contributed by atoms with E-state index in [4.69, 9.17) is 4.42 Å². The number of benzene rings is 1. The lowest BCUT2D eigenvalue weighted by atomic mass is 10.2. The fourth-order valence-electron chi connectivity index (χ4n) is 2.17. The second-order valence-corrected chi connectivity index (χ2v) is 4.75. The zero-order valence-corrected chi connectivity index (χ0v) is 12.4. The Hall–Kier alpha value is -2.14. The molecule has 0 saturated heterocycles. The molecule has 0 aliphatic heterocycles. The van der Waals surface area contributed by atoms with Gasteiger partial charge in [-0.15, -0.1) is 0 Å². The van der Waals surface area contributed by atoms with Crippen molar-refractivity contribution in [3.8, 4) is 0 Å². The largest absolute Gasteiger partial charge is 0.451 e. The van der Waals surface area contributed by atoms with Crippen LogP contribution in [0.3, 0.4) is 0 Å². The van der Waals surface area contributed by atoms with Crippen LogP contribution in [-0.4, -0.2) is 37.0 Å². The lowest BCUT2D eigenvalue weighted by Gasteiger charge is -2.17. The highest BCUT2D eigenvalue weighted by atomic mass is 16.3. The summed E-state index contributed by atoms with van der Waals surface area (Å²) in [5, 5.41) is 3.26. The first-order valence-electron chi connectivity index (χ1n) is 7.19. The topological polar surface area (TPSA) is 62.6 Å². The third-order valence-corrected chi connectivity index (χ3v) is 3.47. The summed E-state index contributed by atoms with van der Waals surface area (Å²) in [5.74, 6) is -0.303. The van der Waals surface area contributed by atoms with E-state index in [1.807, 2.05) is 0 Å². The molecule has 1 aromatic carbocycles. The Morgan fingerprint density at radius 2 is 1.95 bits per heavy atom. The minimum absolute atomic E-state index is 0.0539. The lowest BCUT2D eigenvalue weighted by Crippen LogP contribution is -2.35. The zero-order chi connectivity index (χ0) is 15.2. The van der Waals surface area contributed by atoms with Gasteiger partial charge < -0.3 is 14.6 Å². The van der Waals surface area contributed by atoms with Gasteiger partial charge in [-0.2, -0.15) is 0 Å². The van der Waals surface area contributed by atoms with Crippen molar-refractivity contribution in [2.45, 2.75) is 13.8 Å². The summed E-state index contributed by atoms with van der Waals surface area (Å²) >= 11 is 0. The van der Waals surface area contributed by atoms with Crippen molar-refractivity contribution in [2.24, 2.45) is 0 Å². The van der Waals surface area contributed by atoms with Crippen LogP contribution in [-0.2, 0) is 0 Å². The highest BCUT2D eigenvalue weighted by molar-refractivity contribution is 5.93. The average Bonchev–Trinajstić information content (AvgIpc) is 2.51. The Kier molecular flexibility index (Phi) is 5.11. The van der Waals surface area contributed by atoms with Crippen LogP contribution in [0.4, 0.5) is 0 Å². The summed E-state index contributed by atoms with van der Waals surface area (Å²) in [4.78, 5) is 26.2. The molecule has 0 atom stereocenters. The van der Waals surface area contributed by atoms with Gasteiger partial charge in [-0.3, -0.25) is 9.59 Å². The van der Waals surface area contributed by atoms with Gasteiger partial charge in [-0.1, -0.05) is 26.0 Å². The van der Waals surface area contributed by atoms with Crippen LogP contribution >= 0.6 is 0 Å². The molecule has 0 fully saturated rings. The van der Waals surface area contributed by atoms with Gasteiger partial charge >= 0.3 is 0 Å². The molecule has 0 unspecified atom stereocenters. The standard InChI is InChI=1S/C16H20N2O3/c1-3-18(4-2)10-9-17-16(20)15-11-13(19)12-7-5-6-8-14(12)21-15/h5-8,11H,3-4,9-10H2,1-2H3,(H,17,20). The highest BCUT2D eigenvalue weighted by Gasteiger charge is 2.11. The van der Waals surface area contributed by atoms with Crippen molar-refractivity contribution in [3.63, 3.8) is 0 Å². The Morgan fingerprint density at radius 3 is 2.67 bits per heavy atom. The van der Waals surface area contributed by atoms with Crippen molar-refractivity contribution < 1.29 is 9.21 Å². The van der Waals surface area contributed by atoms with Crippen molar-refractivity contribution in [3.05, 3.63) is 46.3 Å². The van der Waals surface area contributed by atoms with E-state index >= 15 is 0 Å². The first-order chi connectivity index (χ1) is 10.2. The Labute approximate surface area is 123 Å². The molecule has 0 radical (unpaired) electrons. The third-order valence-electron chi connectivity index (χ3n) is 3.47. The normalized spacial score (nSPS) is 11.0. The molecule has 0 aliphatic carbocycles. The minimum Gasteiger partial charge on any atom is -0.451 e. The van der Waals surface area contributed by atoms with E-state index in [0.717, 1.165) is 19.6 Å². The number of para-hydroxylation sites is 1. The van der Waals surface area contributed by atoms with E-state index in [1.165, 1.54) is 6.07 Å². The second-order valence-electron chi connectivity index (χ2n) is 4.75. The number of amides is 1. The first kappa shape index (κ1) is 15.3. The molecular formula is C16H20N2O3. The van der Waals surface area contributed by atoms with Crippen LogP contribution in [0.15, 0.2) is 39.5 Å². The van der Waals surface area contributed by atoms with E-state index < -0.39 is 0 Å². The van der Waals surface area contributed by atoms with Gasteiger partial charge in [0.2, 0.25) is 0 Å². The molecule has 112 valence electrons.